The van der Waals surface area contributed by atoms with Crippen molar-refractivity contribution in [1.82, 2.24) is 19.6 Å². The van der Waals surface area contributed by atoms with E-state index in [-0.39, 0.29) is 6.10 Å². The average Bonchev–Trinajstić information content (AvgIpc) is 2.60. The number of hydrogen-bond acceptors (Lipinski definition) is 5. The predicted molar refractivity (Wildman–Crippen MR) is 126 cm³/mol. The summed E-state index contributed by atoms with van der Waals surface area (Å²) in [6.07, 6.45) is -0.380. The number of aliphatic hydroxyl groups excluding tert-OH is 1. The van der Waals surface area contributed by atoms with Crippen LogP contribution in [0.1, 0.15) is 22.3 Å². The number of nitrogens with zero attached hydrogens (tertiary/aromatic N) is 4. The molecule has 166 valence electrons. The van der Waals surface area contributed by atoms with Crippen LogP contribution in [0, 0.1) is 0 Å². The standard InChI is InChI=1S/C25H40N4O/c1-26(2)15-21-9-7-11-23(13-21)17-28(5)19-25(30)20-29(6)18-24-12-8-10-22(14-24)16-27(3)4/h7-14,25,30H,15-20H2,1-6H3. The van der Waals surface area contributed by atoms with Crippen molar-refractivity contribution >= 4 is 0 Å². The lowest BCUT2D eigenvalue weighted by Crippen LogP contribution is -2.37. The van der Waals surface area contributed by atoms with E-state index in [1.54, 1.807) is 0 Å². The molecule has 0 bridgehead atoms. The molecule has 0 atom stereocenters. The minimum Gasteiger partial charge on any atom is -0.390 e. The molecular formula is C25H40N4O. The van der Waals surface area contributed by atoms with Gasteiger partial charge in [0.05, 0.1) is 6.10 Å². The Labute approximate surface area is 183 Å². The van der Waals surface area contributed by atoms with Gasteiger partial charge in [-0.1, -0.05) is 48.5 Å². The Balaban J connectivity index is 1.81. The smallest absolute Gasteiger partial charge is 0.0793 e. The third-order valence-electron chi connectivity index (χ3n) is 4.93. The molecule has 0 fully saturated rings. The van der Waals surface area contributed by atoms with E-state index in [9.17, 15) is 5.11 Å². The van der Waals surface area contributed by atoms with Gasteiger partial charge in [-0.25, -0.2) is 0 Å². The molecule has 0 spiro atoms. The monoisotopic (exact) mass is 412 g/mol. The highest BCUT2D eigenvalue weighted by Gasteiger charge is 2.12. The van der Waals surface area contributed by atoms with Crippen LogP contribution in [-0.2, 0) is 26.2 Å². The van der Waals surface area contributed by atoms with Crippen molar-refractivity contribution in [2.75, 3.05) is 55.4 Å². The van der Waals surface area contributed by atoms with Crippen molar-refractivity contribution in [1.29, 1.82) is 0 Å². The molecule has 1 N–H and O–H groups in total. The molecule has 5 nitrogen and oxygen atoms in total. The summed E-state index contributed by atoms with van der Waals surface area (Å²) in [6, 6.07) is 17.4. The van der Waals surface area contributed by atoms with Gasteiger partial charge in [0, 0.05) is 39.3 Å². The Hall–Kier alpha value is -1.76. The summed E-state index contributed by atoms with van der Waals surface area (Å²) in [5, 5.41) is 10.6. The van der Waals surface area contributed by atoms with Crippen LogP contribution >= 0.6 is 0 Å². The van der Waals surface area contributed by atoms with Crippen LogP contribution in [0.4, 0.5) is 0 Å². The van der Waals surface area contributed by atoms with Crippen molar-refractivity contribution in [3.8, 4) is 0 Å². The summed E-state index contributed by atoms with van der Waals surface area (Å²) in [6.45, 7) is 4.89. The number of aliphatic hydroxyl groups is 1. The predicted octanol–water partition coefficient (Wildman–Crippen LogP) is 2.73. The molecule has 0 aliphatic heterocycles. The first kappa shape index (κ1) is 24.5. The summed E-state index contributed by atoms with van der Waals surface area (Å²) in [7, 11) is 12.5. The third-order valence-corrected chi connectivity index (χ3v) is 4.93. The molecular weight excluding hydrogens is 372 g/mol. The van der Waals surface area contributed by atoms with E-state index >= 15 is 0 Å². The lowest BCUT2D eigenvalue weighted by Gasteiger charge is -2.25. The van der Waals surface area contributed by atoms with E-state index < -0.39 is 0 Å². The molecule has 0 aromatic heterocycles. The minimum atomic E-state index is -0.380. The van der Waals surface area contributed by atoms with Crippen LogP contribution in [-0.4, -0.2) is 86.2 Å². The summed E-state index contributed by atoms with van der Waals surface area (Å²) in [4.78, 5) is 8.76. The van der Waals surface area contributed by atoms with Crippen LogP contribution in [0.3, 0.4) is 0 Å². The molecule has 0 unspecified atom stereocenters. The first-order valence-electron chi connectivity index (χ1n) is 10.7. The Morgan fingerprint density at radius 3 is 1.27 bits per heavy atom. The van der Waals surface area contributed by atoms with Gasteiger partial charge in [0.15, 0.2) is 0 Å². The maximum Gasteiger partial charge on any atom is 0.0793 e. The van der Waals surface area contributed by atoms with Crippen LogP contribution in [0.5, 0.6) is 0 Å². The normalized spacial score (nSPS) is 12.1. The fourth-order valence-electron chi connectivity index (χ4n) is 3.91. The molecule has 0 aliphatic carbocycles. The number of hydrogen-bond donors (Lipinski definition) is 1. The molecule has 0 heterocycles. The van der Waals surface area contributed by atoms with Crippen molar-refractivity contribution in [2.45, 2.75) is 32.3 Å². The van der Waals surface area contributed by atoms with Crippen molar-refractivity contribution in [2.24, 2.45) is 0 Å². The summed E-state index contributed by atoms with van der Waals surface area (Å²) in [5.74, 6) is 0. The summed E-state index contributed by atoms with van der Waals surface area (Å²) < 4.78 is 0. The maximum absolute atomic E-state index is 10.6. The molecule has 0 saturated heterocycles. The highest BCUT2D eigenvalue weighted by Crippen LogP contribution is 2.11. The Bertz CT molecular complexity index is 699. The molecule has 5 heteroatoms. The lowest BCUT2D eigenvalue weighted by molar-refractivity contribution is 0.0867. The van der Waals surface area contributed by atoms with Gasteiger partial charge in [0.25, 0.3) is 0 Å². The maximum atomic E-state index is 10.6. The Morgan fingerprint density at radius 1 is 0.600 bits per heavy atom. The number of likely N-dealkylation sites (N-methyl/N-ethyl adjacent to an activating group) is 2. The molecule has 0 aliphatic rings. The highest BCUT2D eigenvalue weighted by molar-refractivity contribution is 5.24. The molecule has 2 aromatic rings. The fourth-order valence-corrected chi connectivity index (χ4v) is 3.91. The third kappa shape index (κ3) is 9.37. The topological polar surface area (TPSA) is 33.2 Å². The molecule has 0 amide bonds. The zero-order valence-corrected chi connectivity index (χ0v) is 19.7. The van der Waals surface area contributed by atoms with E-state index in [1.807, 2.05) is 0 Å². The Kier molecular flexibility index (Phi) is 9.95. The highest BCUT2D eigenvalue weighted by atomic mass is 16.3. The van der Waals surface area contributed by atoms with Crippen LogP contribution in [0.2, 0.25) is 0 Å². The van der Waals surface area contributed by atoms with Gasteiger partial charge in [-0.15, -0.1) is 0 Å². The van der Waals surface area contributed by atoms with Gasteiger partial charge in [0.1, 0.15) is 0 Å². The van der Waals surface area contributed by atoms with E-state index in [0.29, 0.717) is 13.1 Å². The second-order valence-electron chi connectivity index (χ2n) is 9.16. The Morgan fingerprint density at radius 2 is 0.933 bits per heavy atom. The van der Waals surface area contributed by atoms with Gasteiger partial charge in [-0.05, 0) is 64.5 Å². The zero-order chi connectivity index (χ0) is 22.1. The first-order valence-corrected chi connectivity index (χ1v) is 10.7. The van der Waals surface area contributed by atoms with Crippen LogP contribution in [0.25, 0.3) is 0 Å². The van der Waals surface area contributed by atoms with Gasteiger partial charge < -0.3 is 14.9 Å². The van der Waals surface area contributed by atoms with Crippen molar-refractivity contribution in [3.05, 3.63) is 70.8 Å². The van der Waals surface area contributed by atoms with E-state index in [0.717, 1.165) is 26.2 Å². The van der Waals surface area contributed by atoms with E-state index in [4.69, 9.17) is 0 Å². The number of rotatable bonds is 12. The summed E-state index contributed by atoms with van der Waals surface area (Å²) >= 11 is 0. The second kappa shape index (κ2) is 12.2. The average molecular weight is 413 g/mol. The molecule has 2 rings (SSSR count). The van der Waals surface area contributed by atoms with E-state index in [1.165, 1.54) is 22.3 Å². The molecule has 2 aromatic carbocycles. The SMILES string of the molecule is CN(C)Cc1cccc(CN(C)CC(O)CN(C)Cc2cccc(CN(C)C)c2)c1. The largest absolute Gasteiger partial charge is 0.390 e. The zero-order valence-electron chi connectivity index (χ0n) is 19.7. The van der Waals surface area contributed by atoms with Crippen LogP contribution < -0.4 is 0 Å². The second-order valence-corrected chi connectivity index (χ2v) is 9.16. The van der Waals surface area contributed by atoms with Gasteiger partial charge in [0.2, 0.25) is 0 Å². The van der Waals surface area contributed by atoms with Gasteiger partial charge in [-0.3, -0.25) is 9.80 Å². The molecule has 0 radical (unpaired) electrons. The van der Waals surface area contributed by atoms with Crippen molar-refractivity contribution in [3.63, 3.8) is 0 Å². The van der Waals surface area contributed by atoms with Crippen LogP contribution in [0.15, 0.2) is 48.5 Å². The first-order chi connectivity index (χ1) is 14.2. The molecule has 30 heavy (non-hydrogen) atoms. The quantitative estimate of drug-likeness (QED) is 0.580. The van der Waals surface area contributed by atoms with Gasteiger partial charge in [-0.2, -0.15) is 0 Å². The summed E-state index contributed by atoms with van der Waals surface area (Å²) in [5.41, 5.74) is 5.22. The number of benzene rings is 2. The fraction of sp³-hybridized carbons (Fsp3) is 0.520. The van der Waals surface area contributed by atoms with Crippen molar-refractivity contribution < 1.29 is 5.11 Å². The van der Waals surface area contributed by atoms with Gasteiger partial charge >= 0.3 is 0 Å². The van der Waals surface area contributed by atoms with E-state index in [2.05, 4.69) is 110 Å². The minimum absolute atomic E-state index is 0.380. The lowest BCUT2D eigenvalue weighted by atomic mass is 10.1. The molecule has 0 saturated carbocycles.